The summed E-state index contributed by atoms with van der Waals surface area (Å²) in [6, 6.07) is 3.00. The fourth-order valence-corrected chi connectivity index (χ4v) is 4.52. The number of hydrogen-bond donors (Lipinski definition) is 2. The number of aromatic carboxylic acids is 1. The van der Waals surface area contributed by atoms with E-state index in [0.29, 0.717) is 24.6 Å². The van der Waals surface area contributed by atoms with Gasteiger partial charge in [0, 0.05) is 31.9 Å². The molecule has 0 radical (unpaired) electrons. The van der Waals surface area contributed by atoms with Gasteiger partial charge in [-0.2, -0.15) is 13.2 Å². The molecular weight excluding hydrogens is 475 g/mol. The van der Waals surface area contributed by atoms with Gasteiger partial charge in [-0.3, -0.25) is 9.36 Å². The molecule has 2 N–H and O–H groups in total. The molecule has 3 aromatic rings. The molecule has 0 aliphatic carbocycles. The smallest absolute Gasteiger partial charge is 0.412 e. The van der Waals surface area contributed by atoms with Crippen molar-refractivity contribution >= 4 is 28.6 Å². The third kappa shape index (κ3) is 4.87. The second-order valence-electron chi connectivity index (χ2n) is 10.0. The standard InChI is InChI=1S/C25H28F3N5O3/c1-14-12-16(19(25(26,27)28)31-20-15(22(35)36)6-5-9-29-20)18-17(13-14)21(34)32(4)23(30-18)33-10-7-24(2,3)8-11-33/h5-6,9,12-13,19H,7-8,10-11H2,1-4H3,(H,29,31)(H,35,36). The maximum absolute atomic E-state index is 14.4. The van der Waals surface area contributed by atoms with Crippen molar-refractivity contribution in [1.29, 1.82) is 0 Å². The van der Waals surface area contributed by atoms with Gasteiger partial charge < -0.3 is 15.3 Å². The zero-order valence-corrected chi connectivity index (χ0v) is 20.5. The molecule has 0 bridgehead atoms. The molecule has 11 heteroatoms. The third-order valence-electron chi connectivity index (χ3n) is 6.69. The van der Waals surface area contributed by atoms with E-state index in [4.69, 9.17) is 0 Å². The number of fused-ring (bicyclic) bond motifs is 1. The number of carbonyl (C=O) groups is 1. The number of hydrogen-bond acceptors (Lipinski definition) is 6. The van der Waals surface area contributed by atoms with Crippen LogP contribution in [0, 0.1) is 12.3 Å². The molecule has 3 heterocycles. The number of nitrogens with one attached hydrogen (secondary N) is 1. The summed E-state index contributed by atoms with van der Waals surface area (Å²) in [7, 11) is 1.57. The SMILES string of the molecule is Cc1cc(C(Nc2ncccc2C(=O)O)C(F)(F)F)c2nc(N3CCC(C)(C)CC3)n(C)c(=O)c2c1. The Morgan fingerprint density at radius 2 is 1.89 bits per heavy atom. The summed E-state index contributed by atoms with van der Waals surface area (Å²) in [6.07, 6.45) is -1.93. The number of carboxylic acids is 1. The first-order valence-electron chi connectivity index (χ1n) is 11.6. The first kappa shape index (κ1) is 25.5. The molecule has 36 heavy (non-hydrogen) atoms. The number of pyridine rings is 1. The van der Waals surface area contributed by atoms with Gasteiger partial charge in [-0.15, -0.1) is 0 Å². The van der Waals surface area contributed by atoms with Crippen LogP contribution in [0.5, 0.6) is 0 Å². The molecule has 8 nitrogen and oxygen atoms in total. The van der Waals surface area contributed by atoms with E-state index >= 15 is 0 Å². The lowest BCUT2D eigenvalue weighted by Gasteiger charge is -2.38. The molecule has 1 aliphatic rings. The van der Waals surface area contributed by atoms with Crippen molar-refractivity contribution in [3.8, 4) is 0 Å². The molecular formula is C25H28F3N5O3. The molecule has 0 spiro atoms. The van der Waals surface area contributed by atoms with E-state index in [0.717, 1.165) is 12.8 Å². The predicted molar refractivity (Wildman–Crippen MR) is 131 cm³/mol. The lowest BCUT2D eigenvalue weighted by molar-refractivity contribution is -0.143. The Labute approximate surface area is 205 Å². The van der Waals surface area contributed by atoms with Crippen molar-refractivity contribution in [2.24, 2.45) is 12.5 Å². The van der Waals surface area contributed by atoms with Gasteiger partial charge in [0.05, 0.1) is 10.9 Å². The number of nitrogens with zero attached hydrogens (tertiary/aromatic N) is 4. The first-order valence-corrected chi connectivity index (χ1v) is 11.6. The van der Waals surface area contributed by atoms with Crippen LogP contribution in [0.25, 0.3) is 10.9 Å². The summed E-state index contributed by atoms with van der Waals surface area (Å²) >= 11 is 0. The summed E-state index contributed by atoms with van der Waals surface area (Å²) in [5.41, 5.74) is -0.620. The molecule has 1 saturated heterocycles. The molecule has 1 unspecified atom stereocenters. The Morgan fingerprint density at radius 3 is 2.50 bits per heavy atom. The van der Waals surface area contributed by atoms with E-state index in [2.05, 4.69) is 29.1 Å². The number of alkyl halides is 3. The van der Waals surface area contributed by atoms with Gasteiger partial charge in [-0.25, -0.2) is 14.8 Å². The number of aryl methyl sites for hydroxylation is 1. The van der Waals surface area contributed by atoms with Gasteiger partial charge in [0.2, 0.25) is 5.95 Å². The molecule has 0 saturated carbocycles. The Morgan fingerprint density at radius 1 is 1.22 bits per heavy atom. The van der Waals surface area contributed by atoms with Crippen LogP contribution in [0.4, 0.5) is 24.9 Å². The minimum Gasteiger partial charge on any atom is -0.478 e. The van der Waals surface area contributed by atoms with E-state index in [1.54, 1.807) is 14.0 Å². The van der Waals surface area contributed by atoms with Crippen molar-refractivity contribution in [2.45, 2.75) is 45.8 Å². The van der Waals surface area contributed by atoms with E-state index in [9.17, 15) is 27.9 Å². The van der Waals surface area contributed by atoms with Crippen molar-refractivity contribution in [1.82, 2.24) is 14.5 Å². The highest BCUT2D eigenvalue weighted by atomic mass is 19.4. The van der Waals surface area contributed by atoms with E-state index in [1.165, 1.54) is 35.0 Å². The normalized spacial score (nSPS) is 16.7. The van der Waals surface area contributed by atoms with Crippen molar-refractivity contribution in [3.05, 3.63) is 57.5 Å². The van der Waals surface area contributed by atoms with Gasteiger partial charge >= 0.3 is 12.1 Å². The number of carboxylic acid groups (broad SMARTS) is 1. The van der Waals surface area contributed by atoms with Gasteiger partial charge in [0.1, 0.15) is 11.4 Å². The zero-order chi connectivity index (χ0) is 26.4. The fourth-order valence-electron chi connectivity index (χ4n) is 4.52. The topological polar surface area (TPSA) is 100 Å². The maximum Gasteiger partial charge on any atom is 0.412 e. The van der Waals surface area contributed by atoms with Gasteiger partial charge in [-0.1, -0.05) is 19.9 Å². The second-order valence-corrected chi connectivity index (χ2v) is 10.0. The monoisotopic (exact) mass is 503 g/mol. The molecule has 2 aromatic heterocycles. The lowest BCUT2D eigenvalue weighted by Crippen LogP contribution is -2.40. The molecule has 0 amide bonds. The summed E-state index contributed by atoms with van der Waals surface area (Å²) in [4.78, 5) is 35.2. The van der Waals surface area contributed by atoms with Crippen LogP contribution in [0.3, 0.4) is 0 Å². The number of anilines is 2. The summed E-state index contributed by atoms with van der Waals surface area (Å²) in [5.74, 6) is -1.54. The molecule has 1 aliphatic heterocycles. The van der Waals surface area contributed by atoms with Crippen molar-refractivity contribution < 1.29 is 23.1 Å². The van der Waals surface area contributed by atoms with Crippen LogP contribution in [0.1, 0.15) is 54.2 Å². The van der Waals surface area contributed by atoms with Crippen LogP contribution in [-0.4, -0.2) is 44.9 Å². The number of halogens is 3. The van der Waals surface area contributed by atoms with Crippen LogP contribution in [0.15, 0.2) is 35.3 Å². The summed E-state index contributed by atoms with van der Waals surface area (Å²) < 4.78 is 44.7. The van der Waals surface area contributed by atoms with Crippen molar-refractivity contribution in [3.63, 3.8) is 0 Å². The summed E-state index contributed by atoms with van der Waals surface area (Å²) in [5, 5.41) is 11.8. The van der Waals surface area contributed by atoms with E-state index in [1.807, 2.05) is 4.90 Å². The van der Waals surface area contributed by atoms with Gasteiger partial charge in [0.15, 0.2) is 6.04 Å². The van der Waals surface area contributed by atoms with Crippen molar-refractivity contribution in [2.75, 3.05) is 23.3 Å². The summed E-state index contributed by atoms with van der Waals surface area (Å²) in [6.45, 7) is 7.15. The predicted octanol–water partition coefficient (Wildman–Crippen LogP) is 4.68. The van der Waals surface area contributed by atoms with E-state index in [-0.39, 0.29) is 21.9 Å². The molecule has 1 atom stereocenters. The lowest BCUT2D eigenvalue weighted by atomic mass is 9.83. The average Bonchev–Trinajstić information content (AvgIpc) is 2.79. The quantitative estimate of drug-likeness (QED) is 0.522. The Kier molecular flexibility index (Phi) is 6.44. The Hall–Kier alpha value is -3.63. The highest BCUT2D eigenvalue weighted by Gasteiger charge is 2.43. The minimum absolute atomic E-state index is 0.0594. The van der Waals surface area contributed by atoms with E-state index < -0.39 is 35.1 Å². The average molecular weight is 504 g/mol. The van der Waals surface area contributed by atoms with Crippen LogP contribution in [-0.2, 0) is 7.05 Å². The van der Waals surface area contributed by atoms with Crippen LogP contribution >= 0.6 is 0 Å². The van der Waals surface area contributed by atoms with Gasteiger partial charge in [-0.05, 0) is 48.9 Å². The highest BCUT2D eigenvalue weighted by Crippen LogP contribution is 2.39. The maximum atomic E-state index is 14.4. The number of aromatic nitrogens is 3. The van der Waals surface area contributed by atoms with Crippen LogP contribution < -0.4 is 15.8 Å². The van der Waals surface area contributed by atoms with Crippen LogP contribution in [0.2, 0.25) is 0 Å². The molecule has 1 fully saturated rings. The highest BCUT2D eigenvalue weighted by molar-refractivity contribution is 5.93. The number of piperidine rings is 1. The minimum atomic E-state index is -4.84. The third-order valence-corrected chi connectivity index (χ3v) is 6.69. The largest absolute Gasteiger partial charge is 0.478 e. The zero-order valence-electron chi connectivity index (χ0n) is 20.5. The fraction of sp³-hybridized carbons (Fsp3) is 0.440. The Balaban J connectivity index is 1.90. The molecule has 192 valence electrons. The molecule has 4 rings (SSSR count). The van der Waals surface area contributed by atoms with Gasteiger partial charge in [0.25, 0.3) is 5.56 Å². The first-order chi connectivity index (χ1) is 16.8. The number of rotatable bonds is 5. The Bertz CT molecular complexity index is 1370. The second kappa shape index (κ2) is 9.11. The molecule has 1 aromatic carbocycles. The number of benzene rings is 1.